The Kier molecular flexibility index (Phi) is 35.1. The average molecular weight is 1340 g/mol. The lowest BCUT2D eigenvalue weighted by atomic mass is 9.72. The first kappa shape index (κ1) is 78.4. The van der Waals surface area contributed by atoms with Crippen LogP contribution in [0.2, 0.25) is 0 Å². The molecule has 2 aromatic carbocycles. The summed E-state index contributed by atoms with van der Waals surface area (Å²) in [4.78, 5) is 0. The van der Waals surface area contributed by atoms with E-state index in [1.54, 1.807) is 0 Å². The molecule has 4 atom stereocenters. The first-order valence-electron chi connectivity index (χ1n) is 36.3. The highest BCUT2D eigenvalue weighted by molar-refractivity contribution is 7.43. The van der Waals surface area contributed by atoms with Gasteiger partial charge in [0.05, 0.1) is 63.7 Å². The molecule has 0 N–H and O–H groups in total. The number of hydrogen-bond donors (Lipinski definition) is 0. The quantitative estimate of drug-likeness (QED) is 0.0467. The van der Waals surface area contributed by atoms with Crippen LogP contribution in [0.1, 0.15) is 325 Å². The minimum atomic E-state index is -1.95. The van der Waals surface area contributed by atoms with Crippen LogP contribution in [0.25, 0.3) is 0 Å². The summed E-state index contributed by atoms with van der Waals surface area (Å²) in [5.74, 6) is 1.50. The molecule has 4 fully saturated rings. The Morgan fingerprint density at radius 1 is 0.333 bits per heavy atom. The van der Waals surface area contributed by atoms with Crippen molar-refractivity contribution in [1.82, 2.24) is 0 Å². The van der Waals surface area contributed by atoms with Crippen LogP contribution in [0, 0.1) is 10.8 Å². The second kappa shape index (κ2) is 40.3. The molecule has 0 saturated carbocycles. The second-order valence-electron chi connectivity index (χ2n) is 31.2. The molecule has 12 nitrogen and oxygen atoms in total. The molecular weight excluding hydrogens is 1200 g/mol. The van der Waals surface area contributed by atoms with Crippen molar-refractivity contribution in [3.8, 4) is 11.5 Å². The van der Waals surface area contributed by atoms with E-state index in [1.807, 2.05) is 0 Å². The second-order valence-corrected chi connectivity index (χ2v) is 35.8. The molecule has 0 aromatic heterocycles. The zero-order chi connectivity index (χ0) is 64.9. The SMILES string of the molecule is CCCCCCCCCCCCCCCCCCOP1OCC2(CO1)COP(OCCCCCCCCCCCCCCCCCC)OC2C1OP(Oc2ccc(C(C)(C)C)cc2C(C)(C)C)OCC12COP(Oc1ccc(C(C)(C)C)cc1C(C)(C)C)OC2. The van der Waals surface area contributed by atoms with E-state index in [0.717, 1.165) is 48.3 Å². The lowest BCUT2D eigenvalue weighted by Gasteiger charge is -2.55. The van der Waals surface area contributed by atoms with Gasteiger partial charge in [0.25, 0.3) is 0 Å². The van der Waals surface area contributed by atoms with Crippen molar-refractivity contribution in [2.45, 2.75) is 336 Å². The van der Waals surface area contributed by atoms with Crippen LogP contribution in [0.5, 0.6) is 11.5 Å². The summed E-state index contributed by atoms with van der Waals surface area (Å²) in [6, 6.07) is 13.0. The summed E-state index contributed by atoms with van der Waals surface area (Å²) < 4.78 is 81.4. The van der Waals surface area contributed by atoms with E-state index in [1.165, 1.54) is 191 Å². The molecule has 4 heterocycles. The minimum absolute atomic E-state index is 0.0214. The Balaban J connectivity index is 1.11. The molecule has 4 aliphatic heterocycles. The molecule has 6 rings (SSSR count). The third-order valence-electron chi connectivity index (χ3n) is 18.7. The summed E-state index contributed by atoms with van der Waals surface area (Å²) in [5.41, 5.74) is 2.58. The van der Waals surface area contributed by atoms with Gasteiger partial charge < -0.3 is 49.8 Å². The maximum atomic E-state index is 7.32. The van der Waals surface area contributed by atoms with Crippen molar-refractivity contribution in [2.24, 2.45) is 10.8 Å². The maximum Gasteiger partial charge on any atom is 0.397 e. The van der Waals surface area contributed by atoms with Crippen LogP contribution in [-0.2, 0) is 66.9 Å². The molecule has 90 heavy (non-hydrogen) atoms. The van der Waals surface area contributed by atoms with Crippen LogP contribution in [0.15, 0.2) is 36.4 Å². The van der Waals surface area contributed by atoms with Crippen LogP contribution >= 0.6 is 34.4 Å². The summed E-state index contributed by atoms with van der Waals surface area (Å²) in [7, 11) is -7.07. The van der Waals surface area contributed by atoms with Gasteiger partial charge in [0.2, 0.25) is 0 Å². The molecule has 2 spiro atoms. The molecule has 0 radical (unpaired) electrons. The number of hydrogen-bond acceptors (Lipinski definition) is 12. The molecule has 0 aliphatic carbocycles. The highest BCUT2D eigenvalue weighted by Gasteiger charge is 2.63. The number of benzene rings is 2. The topological polar surface area (TPSA) is 111 Å². The Bertz CT molecular complexity index is 2230. The van der Waals surface area contributed by atoms with Gasteiger partial charge in [0, 0.05) is 11.1 Å². The molecule has 0 amide bonds. The van der Waals surface area contributed by atoms with Crippen LogP contribution in [-0.4, -0.2) is 65.1 Å². The van der Waals surface area contributed by atoms with Gasteiger partial charge in [-0.3, -0.25) is 4.52 Å². The van der Waals surface area contributed by atoms with Gasteiger partial charge in [-0.15, -0.1) is 0 Å². The summed E-state index contributed by atoms with van der Waals surface area (Å²) in [6.07, 6.45) is 41.0. The third kappa shape index (κ3) is 27.0. The van der Waals surface area contributed by atoms with Crippen molar-refractivity contribution in [2.75, 3.05) is 52.9 Å². The van der Waals surface area contributed by atoms with Gasteiger partial charge >= 0.3 is 34.4 Å². The van der Waals surface area contributed by atoms with E-state index >= 15 is 0 Å². The van der Waals surface area contributed by atoms with Gasteiger partial charge in [0.15, 0.2) is 0 Å². The monoisotopic (exact) mass is 1330 g/mol. The Hall–Kier alpha value is -0.640. The predicted octanol–water partition coefficient (Wildman–Crippen LogP) is 24.7. The highest BCUT2D eigenvalue weighted by atomic mass is 31.2. The molecule has 4 unspecified atom stereocenters. The van der Waals surface area contributed by atoms with Crippen molar-refractivity contribution in [3.63, 3.8) is 0 Å². The maximum absolute atomic E-state index is 7.32. The Morgan fingerprint density at radius 3 is 0.922 bits per heavy atom. The Morgan fingerprint density at radius 2 is 0.600 bits per heavy atom. The first-order valence-corrected chi connectivity index (χ1v) is 40.7. The summed E-state index contributed by atoms with van der Waals surface area (Å²) in [5, 5.41) is 0. The van der Waals surface area contributed by atoms with Crippen molar-refractivity contribution < 1.29 is 54.3 Å². The van der Waals surface area contributed by atoms with Crippen LogP contribution < -0.4 is 9.05 Å². The van der Waals surface area contributed by atoms with Gasteiger partial charge in [-0.25, -0.2) is 0 Å². The lowest BCUT2D eigenvalue weighted by Crippen LogP contribution is -2.64. The molecule has 2 aromatic rings. The van der Waals surface area contributed by atoms with Crippen molar-refractivity contribution in [3.05, 3.63) is 58.7 Å². The van der Waals surface area contributed by atoms with Crippen molar-refractivity contribution in [1.29, 1.82) is 0 Å². The van der Waals surface area contributed by atoms with Crippen LogP contribution in [0.4, 0.5) is 0 Å². The number of rotatable bonds is 41. The fourth-order valence-electron chi connectivity index (χ4n) is 12.4. The fraction of sp³-hybridized carbons (Fsp3) is 0.838. The molecule has 0 bridgehead atoms. The minimum Gasteiger partial charge on any atom is -0.426 e. The van der Waals surface area contributed by atoms with Gasteiger partial charge in [-0.2, -0.15) is 0 Å². The van der Waals surface area contributed by atoms with Crippen molar-refractivity contribution >= 4 is 34.4 Å². The highest BCUT2D eigenvalue weighted by Crippen LogP contribution is 2.63. The smallest absolute Gasteiger partial charge is 0.397 e. The molecule has 4 saturated heterocycles. The predicted molar refractivity (Wildman–Crippen MR) is 378 cm³/mol. The molecule has 518 valence electrons. The van der Waals surface area contributed by atoms with Gasteiger partial charge in [-0.1, -0.05) is 314 Å². The van der Waals surface area contributed by atoms with Gasteiger partial charge in [-0.05, 0) is 57.8 Å². The largest absolute Gasteiger partial charge is 0.426 e. The van der Waals surface area contributed by atoms with Crippen LogP contribution in [0.3, 0.4) is 0 Å². The third-order valence-corrected chi connectivity index (χ3v) is 23.0. The van der Waals surface area contributed by atoms with E-state index in [-0.39, 0.29) is 41.5 Å². The lowest BCUT2D eigenvalue weighted by molar-refractivity contribution is -0.204. The van der Waals surface area contributed by atoms with E-state index in [0.29, 0.717) is 33.0 Å². The zero-order valence-electron chi connectivity index (χ0n) is 59.6. The van der Waals surface area contributed by atoms with Gasteiger partial charge in [0.1, 0.15) is 23.7 Å². The zero-order valence-corrected chi connectivity index (χ0v) is 63.2. The molecule has 4 aliphatic rings. The summed E-state index contributed by atoms with van der Waals surface area (Å²) in [6.45, 7) is 34.1. The summed E-state index contributed by atoms with van der Waals surface area (Å²) >= 11 is 0. The van der Waals surface area contributed by atoms with E-state index in [9.17, 15) is 0 Å². The fourth-order valence-corrected chi connectivity index (χ4v) is 17.6. The number of unbranched alkanes of at least 4 members (excludes halogenated alkanes) is 30. The average Bonchev–Trinajstić information content (AvgIpc) is 0.749. The first-order chi connectivity index (χ1) is 43.1. The standard InChI is InChI=1S/C74H130O12P4/c1-15-17-19-21-23-25-27-29-31-33-35-37-39-41-43-45-51-75-87-77-55-73(56-78-87)57-79-88(76-52-46-44-42-40-38-36-34-32-30-28-26-24-22-20-18-16-2)85-67(73)68-74(60-82-90(86-68)84-66-50-48-62(70(6,7)8)54-64(66)72(12,13)14)58-80-89(81-59-74)83-65-49-47-61(69(3,4)5)53-63(65)71(9,10)11/h47-50,53-54,67-68H,15-46,51-52,55-60H2,1-14H3. The Labute approximate surface area is 555 Å². The van der Waals surface area contributed by atoms with E-state index < -0.39 is 57.4 Å². The molecular formula is C74H130O12P4. The normalized spacial score (nSPS) is 24.5. The van der Waals surface area contributed by atoms with E-state index in [2.05, 4.69) is 133 Å². The molecule has 16 heteroatoms. The van der Waals surface area contributed by atoms with E-state index in [4.69, 9.17) is 54.3 Å².